The first kappa shape index (κ1) is 17.8. The van der Waals surface area contributed by atoms with Crippen LogP contribution in [0.2, 0.25) is 0 Å². The maximum atomic E-state index is 12.0. The summed E-state index contributed by atoms with van der Waals surface area (Å²) in [5.74, 6) is -0.334. The van der Waals surface area contributed by atoms with Crippen LogP contribution in [0, 0.1) is 0 Å². The van der Waals surface area contributed by atoms with Crippen molar-refractivity contribution in [3.8, 4) is 0 Å². The number of para-hydroxylation sites is 1. The molecule has 1 aromatic carbocycles. The Morgan fingerprint density at radius 2 is 2.20 bits per heavy atom. The van der Waals surface area contributed by atoms with Crippen molar-refractivity contribution in [2.24, 2.45) is 0 Å². The fourth-order valence-corrected chi connectivity index (χ4v) is 4.31. The van der Waals surface area contributed by atoms with Crippen molar-refractivity contribution >= 4 is 45.8 Å². The highest BCUT2D eigenvalue weighted by molar-refractivity contribution is 8.02. The van der Waals surface area contributed by atoms with Gasteiger partial charge in [0.15, 0.2) is 0 Å². The normalized spacial score (nSPS) is 11.0. The molecule has 0 fully saturated rings. The molecule has 0 saturated heterocycles. The van der Waals surface area contributed by atoms with E-state index >= 15 is 0 Å². The lowest BCUT2D eigenvalue weighted by molar-refractivity contribution is 0.0520. The number of H-pyrrole nitrogens is 1. The van der Waals surface area contributed by atoms with Gasteiger partial charge in [-0.15, -0.1) is 11.3 Å². The molecule has 0 atom stereocenters. The average Bonchev–Trinajstić information content (AvgIpc) is 3.27. The highest BCUT2D eigenvalue weighted by Gasteiger charge is 2.17. The second-order valence-corrected chi connectivity index (χ2v) is 7.53. The largest absolute Gasteiger partial charge is 0.461 e. The van der Waals surface area contributed by atoms with Gasteiger partial charge in [-0.2, -0.15) is 0 Å². The van der Waals surface area contributed by atoms with E-state index in [-0.39, 0.29) is 5.97 Å². The number of aromatic nitrogens is 1. The highest BCUT2D eigenvalue weighted by Crippen LogP contribution is 2.35. The number of benzene rings is 1. The molecule has 0 spiro atoms. The average molecular weight is 377 g/mol. The predicted octanol–water partition coefficient (Wildman–Crippen LogP) is 4.57. The summed E-state index contributed by atoms with van der Waals surface area (Å²) in [6.07, 6.45) is 0. The number of methoxy groups -OCH3 is 1. The van der Waals surface area contributed by atoms with E-state index in [1.807, 2.05) is 30.3 Å². The second kappa shape index (κ2) is 8.42. The quantitative estimate of drug-likeness (QED) is 0.461. The molecule has 0 amide bonds. The summed E-state index contributed by atoms with van der Waals surface area (Å²) in [5, 5.41) is 3.04. The van der Waals surface area contributed by atoms with Gasteiger partial charge in [-0.1, -0.05) is 18.2 Å². The van der Waals surface area contributed by atoms with Crippen molar-refractivity contribution in [3.63, 3.8) is 0 Å². The number of nitrogens with one attached hydrogen (secondary N) is 1. The number of anilines is 1. The molecule has 3 rings (SSSR count). The van der Waals surface area contributed by atoms with Crippen molar-refractivity contribution in [3.05, 3.63) is 47.5 Å². The summed E-state index contributed by atoms with van der Waals surface area (Å²) in [5.41, 5.74) is 2.41. The molecule has 25 heavy (non-hydrogen) atoms. The lowest BCUT2D eigenvalue weighted by Gasteiger charge is -2.23. The van der Waals surface area contributed by atoms with E-state index in [4.69, 9.17) is 9.47 Å². The first-order valence-electron chi connectivity index (χ1n) is 7.99. The molecule has 0 aliphatic heterocycles. The fraction of sp³-hybridized carbons (Fsp3) is 0.278. The first-order chi connectivity index (χ1) is 12.2. The number of aromatic amines is 1. The molecule has 7 heteroatoms. The Morgan fingerprint density at radius 3 is 2.92 bits per heavy atom. The van der Waals surface area contributed by atoms with Gasteiger partial charge in [0.05, 0.1) is 35.2 Å². The lowest BCUT2D eigenvalue weighted by Crippen LogP contribution is -2.19. The van der Waals surface area contributed by atoms with Crippen molar-refractivity contribution in [2.45, 2.75) is 11.1 Å². The van der Waals surface area contributed by atoms with Crippen molar-refractivity contribution in [2.75, 3.05) is 31.2 Å². The Hall–Kier alpha value is -1.96. The third-order valence-electron chi connectivity index (χ3n) is 3.59. The minimum absolute atomic E-state index is 0.334. The number of fused-ring (bicyclic) bond motifs is 1. The van der Waals surface area contributed by atoms with E-state index in [1.165, 1.54) is 4.21 Å². The van der Waals surface area contributed by atoms with Crippen molar-refractivity contribution in [1.29, 1.82) is 0 Å². The zero-order valence-electron chi connectivity index (χ0n) is 14.2. The summed E-state index contributed by atoms with van der Waals surface area (Å²) in [4.78, 5) is 15.3. The fourth-order valence-electron chi connectivity index (χ4n) is 2.48. The summed E-state index contributed by atoms with van der Waals surface area (Å²) in [6, 6.07) is 12.0. The molecule has 132 valence electrons. The first-order valence-corrected chi connectivity index (χ1v) is 9.65. The van der Waals surface area contributed by atoms with E-state index in [1.54, 1.807) is 37.3 Å². The Labute approximate surface area is 155 Å². The molecule has 0 aliphatic rings. The van der Waals surface area contributed by atoms with Crippen LogP contribution in [0.15, 0.2) is 46.0 Å². The van der Waals surface area contributed by atoms with Crippen LogP contribution < -0.4 is 4.31 Å². The number of ether oxygens (including phenoxy) is 2. The Balaban J connectivity index is 1.96. The molecular weight excluding hydrogens is 356 g/mol. The SMILES string of the molecule is CCOC(=O)c1cc2cccc(N(CCOC)Sc3cccs3)c2[nH]1. The molecule has 0 radical (unpaired) electrons. The van der Waals surface area contributed by atoms with E-state index < -0.39 is 0 Å². The number of thiophene rings is 1. The third-order valence-corrected chi connectivity index (χ3v) is 5.68. The molecule has 1 N–H and O–H groups in total. The number of esters is 1. The van der Waals surface area contributed by atoms with Crippen LogP contribution in [-0.4, -0.2) is 37.8 Å². The number of carbonyl (C=O) groups is 1. The molecule has 0 bridgehead atoms. The standard InChI is InChI=1S/C18H20N2O3S2/c1-3-23-18(21)14-12-13-6-4-7-15(17(13)19-14)20(9-10-22-2)25-16-8-5-11-24-16/h4-8,11-12,19H,3,9-10H2,1-2H3. The molecule has 0 saturated carbocycles. The van der Waals surface area contributed by atoms with E-state index in [9.17, 15) is 4.79 Å². The summed E-state index contributed by atoms with van der Waals surface area (Å²) < 4.78 is 13.7. The van der Waals surface area contributed by atoms with Crippen LogP contribution in [0.3, 0.4) is 0 Å². The maximum absolute atomic E-state index is 12.0. The van der Waals surface area contributed by atoms with Gasteiger partial charge in [0.25, 0.3) is 0 Å². The number of carbonyl (C=O) groups excluding carboxylic acids is 1. The van der Waals surface area contributed by atoms with Gasteiger partial charge >= 0.3 is 5.97 Å². The van der Waals surface area contributed by atoms with Gasteiger partial charge < -0.3 is 18.8 Å². The summed E-state index contributed by atoms with van der Waals surface area (Å²) in [6.45, 7) is 3.50. The maximum Gasteiger partial charge on any atom is 0.354 e. The van der Waals surface area contributed by atoms with Gasteiger partial charge in [0.1, 0.15) is 5.69 Å². The molecule has 3 aromatic rings. The van der Waals surface area contributed by atoms with Crippen molar-refractivity contribution < 1.29 is 14.3 Å². The van der Waals surface area contributed by atoms with Crippen LogP contribution in [-0.2, 0) is 9.47 Å². The Morgan fingerprint density at radius 1 is 1.32 bits per heavy atom. The van der Waals surface area contributed by atoms with Crippen LogP contribution in [0.4, 0.5) is 5.69 Å². The minimum atomic E-state index is -0.334. The van der Waals surface area contributed by atoms with Crippen molar-refractivity contribution in [1.82, 2.24) is 4.98 Å². The second-order valence-electron chi connectivity index (χ2n) is 5.26. The topological polar surface area (TPSA) is 54.6 Å². The zero-order valence-corrected chi connectivity index (χ0v) is 15.8. The lowest BCUT2D eigenvalue weighted by atomic mass is 10.2. The smallest absolute Gasteiger partial charge is 0.354 e. The van der Waals surface area contributed by atoms with Gasteiger partial charge in [-0.3, -0.25) is 0 Å². The van der Waals surface area contributed by atoms with E-state index in [0.717, 1.165) is 23.1 Å². The number of nitrogens with zero attached hydrogens (tertiary/aromatic N) is 1. The zero-order chi connectivity index (χ0) is 17.6. The molecule has 2 aromatic heterocycles. The molecule has 0 unspecified atom stereocenters. The summed E-state index contributed by atoms with van der Waals surface area (Å²) in [7, 11) is 1.70. The third kappa shape index (κ3) is 4.18. The van der Waals surface area contributed by atoms with Crippen LogP contribution in [0.1, 0.15) is 17.4 Å². The molecule has 0 aliphatic carbocycles. The molecule has 2 heterocycles. The van der Waals surface area contributed by atoms with Gasteiger partial charge in [0.2, 0.25) is 0 Å². The monoisotopic (exact) mass is 376 g/mol. The van der Waals surface area contributed by atoms with E-state index in [0.29, 0.717) is 18.9 Å². The summed E-state index contributed by atoms with van der Waals surface area (Å²) >= 11 is 3.36. The highest BCUT2D eigenvalue weighted by atomic mass is 32.2. The van der Waals surface area contributed by atoms with Crippen LogP contribution in [0.25, 0.3) is 10.9 Å². The number of hydrogen-bond donors (Lipinski definition) is 1. The Kier molecular flexibility index (Phi) is 6.01. The molecule has 5 nitrogen and oxygen atoms in total. The molecular formula is C18H20N2O3S2. The number of hydrogen-bond acceptors (Lipinski definition) is 6. The van der Waals surface area contributed by atoms with Gasteiger partial charge in [-0.25, -0.2) is 4.79 Å². The van der Waals surface area contributed by atoms with E-state index in [2.05, 4.69) is 20.7 Å². The van der Waals surface area contributed by atoms with Crippen LogP contribution >= 0.6 is 23.3 Å². The van der Waals surface area contributed by atoms with Crippen LogP contribution in [0.5, 0.6) is 0 Å². The van der Waals surface area contributed by atoms with Gasteiger partial charge in [-0.05, 0) is 42.5 Å². The predicted molar refractivity (Wildman–Crippen MR) is 104 cm³/mol. The number of rotatable bonds is 8. The van der Waals surface area contributed by atoms with Gasteiger partial charge in [0, 0.05) is 12.5 Å². The Bertz CT molecular complexity index is 830. The minimum Gasteiger partial charge on any atom is -0.461 e.